The second-order valence-corrected chi connectivity index (χ2v) is 27.3. The Hall–Kier alpha value is -8.45. The predicted molar refractivity (Wildman–Crippen MR) is 433 cm³/mol. The smallest absolute Gasteiger partial charge is 0.416 e. The second-order valence-electron chi connectivity index (χ2n) is 23.3. The van der Waals surface area contributed by atoms with Gasteiger partial charge in [-0.1, -0.05) is 68.1 Å². The average molecular weight is 1790 g/mol. The molecule has 4 atom stereocenters. The van der Waals surface area contributed by atoms with Crippen LogP contribution in [-0.4, -0.2) is 112 Å². The highest BCUT2D eigenvalue weighted by Gasteiger charge is 2.31. The van der Waals surface area contributed by atoms with Gasteiger partial charge in [-0.2, -0.15) is 13.2 Å². The quantitative estimate of drug-likeness (QED) is 0.0116. The van der Waals surface area contributed by atoms with Gasteiger partial charge < -0.3 is 46.1 Å². The van der Waals surface area contributed by atoms with E-state index in [-0.39, 0.29) is 67.2 Å². The molecule has 0 radical (unpaired) electrons. The van der Waals surface area contributed by atoms with E-state index in [0.717, 1.165) is 34.2 Å². The van der Waals surface area contributed by atoms with Gasteiger partial charge >= 0.3 is 32.2 Å². The molecular weight excluding hydrogens is 1710 g/mol. The van der Waals surface area contributed by atoms with Crippen LogP contribution < -0.4 is 37.7 Å². The molecule has 0 unspecified atom stereocenters. The van der Waals surface area contributed by atoms with E-state index < -0.39 is 49.9 Å². The Morgan fingerprint density at radius 2 is 0.962 bits per heavy atom. The van der Waals surface area contributed by atoms with Crippen molar-refractivity contribution >= 4 is 150 Å². The van der Waals surface area contributed by atoms with Crippen molar-refractivity contribution in [3.8, 4) is 17.1 Å². The van der Waals surface area contributed by atoms with E-state index in [0.29, 0.717) is 73.7 Å². The number of nitrogen functional groups attached to an aromatic ring is 1. The number of hydrogen-bond donors (Lipinski definition) is 8. The number of nitrogens with one attached hydrogen (secondary N) is 3. The summed E-state index contributed by atoms with van der Waals surface area (Å²) >= 11 is 12.4. The molecule has 1 amide bonds. The molecule has 0 aliphatic carbocycles. The second kappa shape index (κ2) is 40.3. The van der Waals surface area contributed by atoms with Crippen LogP contribution >= 0.6 is 79.5 Å². The Morgan fingerprint density at radius 3 is 1.31 bits per heavy atom. The lowest BCUT2D eigenvalue weighted by Crippen LogP contribution is -2.42. The van der Waals surface area contributed by atoms with Crippen LogP contribution in [0.15, 0.2) is 209 Å². The zero-order valence-electron chi connectivity index (χ0n) is 57.3. The Labute approximate surface area is 651 Å². The molecule has 22 nitrogen and oxygen atoms in total. The number of aromatic nitrogens is 6. The number of ether oxygens (including phenoxy) is 1. The number of aliphatic carboxylic acids is 1. The van der Waals surface area contributed by atoms with Crippen LogP contribution in [0.1, 0.15) is 99.1 Å². The summed E-state index contributed by atoms with van der Waals surface area (Å²) in [5, 5.41) is 42.0. The first kappa shape index (κ1) is 85.5. The lowest BCUT2D eigenvalue weighted by atomic mass is 9.87. The fourth-order valence-corrected chi connectivity index (χ4v) is 11.7. The summed E-state index contributed by atoms with van der Waals surface area (Å²) in [6.07, 6.45) is -4.57. The normalized spacial score (nSPS) is 12.0. The molecule has 3 aromatic heterocycles. The summed E-state index contributed by atoms with van der Waals surface area (Å²) in [5.74, 6) is -0.745. The molecule has 0 aliphatic rings. The minimum Gasteiger partial charge on any atom is -0.480 e. The van der Waals surface area contributed by atoms with Gasteiger partial charge in [-0.3, -0.25) is 37.7 Å². The van der Waals surface area contributed by atoms with Crippen molar-refractivity contribution < 1.29 is 52.6 Å². The average Bonchev–Trinajstić information content (AvgIpc) is 0.779. The number of anilines is 1. The van der Waals surface area contributed by atoms with E-state index in [9.17, 15) is 47.0 Å². The van der Waals surface area contributed by atoms with Gasteiger partial charge in [0.1, 0.15) is 17.5 Å². The van der Waals surface area contributed by atoms with Gasteiger partial charge in [-0.05, 0) is 267 Å². The third-order valence-corrected chi connectivity index (χ3v) is 18.1. The lowest BCUT2D eigenvalue weighted by molar-refractivity contribution is -0.139. The molecule has 0 saturated heterocycles. The fourth-order valence-electron chi connectivity index (χ4n) is 10.5. The van der Waals surface area contributed by atoms with Crippen molar-refractivity contribution in [1.82, 2.24) is 48.8 Å². The molecule has 11 rings (SSSR count). The van der Waals surface area contributed by atoms with Gasteiger partial charge in [0, 0.05) is 29.5 Å². The van der Waals surface area contributed by atoms with E-state index in [1.165, 1.54) is 36.5 Å². The maximum atomic E-state index is 13.7. The largest absolute Gasteiger partial charge is 0.480 e. The molecule has 550 valence electrons. The monoisotopic (exact) mass is 1790 g/mol. The highest BCUT2D eigenvalue weighted by Crippen LogP contribution is 2.30. The van der Waals surface area contributed by atoms with E-state index in [2.05, 4.69) is 93.0 Å². The van der Waals surface area contributed by atoms with Gasteiger partial charge in [0.15, 0.2) is 0 Å². The third kappa shape index (κ3) is 23.5. The van der Waals surface area contributed by atoms with E-state index >= 15 is 0 Å². The number of benzene rings is 8. The summed E-state index contributed by atoms with van der Waals surface area (Å²) in [6.45, 7) is 12.9. The number of carbonyl (C=O) groups excluding carboxylic acids is 1. The van der Waals surface area contributed by atoms with Gasteiger partial charge in [-0.15, -0.1) is 0 Å². The van der Waals surface area contributed by atoms with Crippen LogP contribution in [0.3, 0.4) is 0 Å². The Balaban J connectivity index is 0.000000226. The number of carboxylic acids is 2. The first-order valence-electron chi connectivity index (χ1n) is 32.4. The van der Waals surface area contributed by atoms with Crippen LogP contribution in [0.4, 0.5) is 18.9 Å². The van der Waals surface area contributed by atoms with Crippen LogP contribution in [0.5, 0.6) is 0 Å². The van der Waals surface area contributed by atoms with E-state index in [1.54, 1.807) is 82.4 Å². The number of rotatable bonds is 20. The number of aromatic carboxylic acids is 1. The number of para-hydroxylation sites is 4. The molecular formula is C74H78B2ClF3I3N11O11. The lowest BCUT2D eigenvalue weighted by Gasteiger charge is -2.30. The van der Waals surface area contributed by atoms with Crippen molar-refractivity contribution in [2.75, 3.05) is 25.5 Å². The number of nitrogens with two attached hydrogens (primary N) is 1. The molecule has 0 spiro atoms. The zero-order valence-corrected chi connectivity index (χ0v) is 64.5. The highest BCUT2D eigenvalue weighted by molar-refractivity contribution is 14.1. The zero-order chi connectivity index (χ0) is 76.1. The third-order valence-electron chi connectivity index (χ3n) is 15.6. The first-order valence-corrected chi connectivity index (χ1v) is 36.0. The Kier molecular flexibility index (Phi) is 32.8. The number of fused-ring (bicyclic) bond motifs is 3. The van der Waals surface area contributed by atoms with Gasteiger partial charge in [0.2, 0.25) is 5.91 Å². The van der Waals surface area contributed by atoms with Crippen molar-refractivity contribution in [2.45, 2.75) is 92.5 Å². The number of nitrogens with zero attached hydrogens (tertiary/aromatic N) is 7. The highest BCUT2D eigenvalue weighted by atomic mass is 127. The maximum Gasteiger partial charge on any atom is 0.416 e. The Morgan fingerprint density at radius 1 is 0.581 bits per heavy atom. The number of hydrogen-bond acceptors (Lipinski definition) is 16. The fraction of sp³-hybridized carbons (Fsp3) is 0.230. The summed E-state index contributed by atoms with van der Waals surface area (Å²) < 4.78 is 52.4. The molecule has 0 saturated carbocycles. The van der Waals surface area contributed by atoms with Crippen LogP contribution in [-0.2, 0) is 26.9 Å². The number of halogens is 7. The summed E-state index contributed by atoms with van der Waals surface area (Å²) in [7, 11) is -1.47. The van der Waals surface area contributed by atoms with Crippen LogP contribution in [0, 0.1) is 10.7 Å². The molecule has 3 heterocycles. The molecule has 11 aromatic rings. The minimum absolute atomic E-state index is 0. The standard InChI is InChI=1S/C29H27F3IN3O3.C17H17BIN3O2.C16H13ClIN3O.C7H7NO2.C4H10BNO3.CH4/c1-3-39-17-16-35(26(37)18-20-8-10-21(11-9-20)29(30,31)32)19(2)27-34-25-7-5-4-6-24(25)28(38)36(27)23-14-12-22(33)13-15-23;1-11(21-18(2)24)16-20-15-6-4-3-5-14(15)17(23)22(16)13-9-7-12(19)8-10-13;1-10(20-17)15-19-14-5-3-2-4-13(14)16(22)21(15)12-8-6-11(18)7-9-12;8-6-4-2-1-3-5(6)7(9)10;1-3(4(7)8)6-5(2)9;/h4-15,19H,3,16-18H2,1-2H3;3-11,21,24H,1-2H3;2-10,20H,1H3;1-4H,8H2,(H,9,10);3,6,9H,1-2H3,(H,7,8);1H4/t19-;11-;10-;;3-;/m111.1./s1. The summed E-state index contributed by atoms with van der Waals surface area (Å²) in [6, 6.07) is 53.5. The van der Waals surface area contributed by atoms with Crippen LogP contribution in [0.25, 0.3) is 49.8 Å². The number of alkyl halides is 3. The minimum atomic E-state index is -4.46. The van der Waals surface area contributed by atoms with Crippen molar-refractivity contribution in [3.05, 3.63) is 270 Å². The topological polar surface area (TPSA) is 311 Å². The molecule has 0 aliphatic heterocycles. The van der Waals surface area contributed by atoms with Crippen molar-refractivity contribution in [2.24, 2.45) is 0 Å². The molecule has 105 heavy (non-hydrogen) atoms. The Bertz CT molecular complexity index is 4940. The molecule has 8 aromatic carbocycles. The molecule has 9 N–H and O–H groups in total. The number of carboxylic acid groups (broad SMARTS) is 2. The van der Waals surface area contributed by atoms with E-state index in [1.807, 2.05) is 130 Å². The molecule has 0 fully saturated rings. The van der Waals surface area contributed by atoms with Gasteiger partial charge in [0.05, 0.1) is 98.1 Å². The first-order chi connectivity index (χ1) is 49.4. The molecule has 31 heteroatoms. The van der Waals surface area contributed by atoms with Crippen molar-refractivity contribution in [1.29, 1.82) is 0 Å². The SMILES string of the molecule is C.CB(O)N[C@H](C)C(=O)O.CB(O)N[C@H](C)c1nc2ccccc2c(=O)n1-c1ccc(I)cc1.CCOCCN(C(=O)Cc1ccc(C(F)(F)F)cc1)[C@H](C)c1nc2ccccc2c(=O)n1-c1ccc(I)cc1.C[C@@H](NCl)c1nc2ccccc2c(=O)n1-c1ccc(I)cc1.Nc1ccccc1C(=O)O. The number of amides is 1. The van der Waals surface area contributed by atoms with Crippen molar-refractivity contribution in [3.63, 3.8) is 0 Å². The van der Waals surface area contributed by atoms with Crippen LogP contribution in [0.2, 0.25) is 13.6 Å². The maximum absolute atomic E-state index is 13.7. The molecule has 0 bridgehead atoms. The predicted octanol–water partition coefficient (Wildman–Crippen LogP) is 13.5. The summed E-state index contributed by atoms with van der Waals surface area (Å²) in [5.41, 5.74) is 8.97. The van der Waals surface area contributed by atoms with E-state index in [4.69, 9.17) is 42.5 Å². The summed E-state index contributed by atoms with van der Waals surface area (Å²) in [4.78, 5) is 92.0. The van der Waals surface area contributed by atoms with Gasteiger partial charge in [-0.25, -0.2) is 24.6 Å². The van der Waals surface area contributed by atoms with Gasteiger partial charge in [0.25, 0.3) is 16.7 Å². The number of carbonyl (C=O) groups is 3.